The van der Waals surface area contributed by atoms with Gasteiger partial charge in [-0.05, 0) is 49.1 Å². The van der Waals surface area contributed by atoms with Crippen LogP contribution in [0, 0.1) is 6.92 Å². The monoisotopic (exact) mass is 415 g/mol. The van der Waals surface area contributed by atoms with Crippen molar-refractivity contribution in [3.8, 4) is 0 Å². The van der Waals surface area contributed by atoms with Crippen molar-refractivity contribution >= 4 is 42.6 Å². The Balaban J connectivity index is 1.65. The number of fused-ring (bicyclic) bond motifs is 2. The minimum absolute atomic E-state index is 0.0423. The lowest BCUT2D eigenvalue weighted by Crippen LogP contribution is -2.51. The zero-order valence-corrected chi connectivity index (χ0v) is 17.3. The molecular weight excluding hydrogens is 394 g/mol. The first-order valence-electron chi connectivity index (χ1n) is 9.12. The van der Waals surface area contributed by atoms with Crippen molar-refractivity contribution in [3.05, 3.63) is 59.2 Å². The minimum Gasteiger partial charge on any atom is -0.301 e. The van der Waals surface area contributed by atoms with Gasteiger partial charge in [0.25, 0.3) is 0 Å². The topological polar surface area (TPSA) is 79.4 Å². The highest BCUT2D eigenvalue weighted by molar-refractivity contribution is 7.89. The summed E-state index contributed by atoms with van der Waals surface area (Å²) >= 11 is 1.39. The van der Waals surface area contributed by atoms with E-state index in [4.69, 9.17) is 0 Å². The third-order valence-electron chi connectivity index (χ3n) is 5.00. The van der Waals surface area contributed by atoms with E-state index in [1.54, 1.807) is 6.92 Å². The van der Waals surface area contributed by atoms with Crippen LogP contribution in [0.4, 0.5) is 5.13 Å². The number of amides is 1. The van der Waals surface area contributed by atoms with Crippen LogP contribution in [0.15, 0.2) is 42.5 Å². The predicted molar refractivity (Wildman–Crippen MR) is 112 cm³/mol. The van der Waals surface area contributed by atoms with E-state index in [0.29, 0.717) is 11.6 Å². The molecule has 0 fully saturated rings. The van der Waals surface area contributed by atoms with Gasteiger partial charge in [-0.2, -0.15) is 4.31 Å². The van der Waals surface area contributed by atoms with Gasteiger partial charge in [-0.3, -0.25) is 4.79 Å². The smallest absolute Gasteiger partial charge is 0.244 e. The number of nitrogens with zero attached hydrogens (tertiary/aromatic N) is 2. The number of carbonyl (C=O) groups excluding carboxylic acids is 1. The SMILES string of the molecule is CCS(=O)(=O)N1Cc2ccccc2C[C@H]1C(=O)Nc1nc2ccc(C)cc2s1. The molecule has 1 aromatic heterocycles. The van der Waals surface area contributed by atoms with Gasteiger partial charge >= 0.3 is 0 Å². The van der Waals surface area contributed by atoms with Crippen LogP contribution in [0.1, 0.15) is 23.6 Å². The fourth-order valence-electron chi connectivity index (χ4n) is 3.45. The lowest BCUT2D eigenvalue weighted by molar-refractivity contribution is -0.120. The number of anilines is 1. The highest BCUT2D eigenvalue weighted by Gasteiger charge is 2.38. The number of carbonyl (C=O) groups is 1. The molecule has 28 heavy (non-hydrogen) atoms. The van der Waals surface area contributed by atoms with Crippen molar-refractivity contribution < 1.29 is 13.2 Å². The maximum Gasteiger partial charge on any atom is 0.244 e. The fraction of sp³-hybridized carbons (Fsp3) is 0.300. The zero-order chi connectivity index (χ0) is 19.9. The van der Waals surface area contributed by atoms with Gasteiger partial charge in [0.15, 0.2) is 5.13 Å². The van der Waals surface area contributed by atoms with E-state index in [-0.39, 0.29) is 18.2 Å². The number of sulfonamides is 1. The number of thiazole rings is 1. The Bertz CT molecular complexity index is 1150. The first-order valence-corrected chi connectivity index (χ1v) is 11.5. The molecular formula is C20H21N3O3S2. The summed E-state index contributed by atoms with van der Waals surface area (Å²) in [6, 6.07) is 12.8. The number of benzene rings is 2. The molecule has 1 amide bonds. The summed E-state index contributed by atoms with van der Waals surface area (Å²) in [7, 11) is -3.53. The second kappa shape index (κ2) is 7.27. The van der Waals surface area contributed by atoms with Crippen LogP contribution in [-0.4, -0.2) is 35.4 Å². The van der Waals surface area contributed by atoms with Crippen LogP contribution in [0.2, 0.25) is 0 Å². The predicted octanol–water partition coefficient (Wildman–Crippen LogP) is 3.32. The third-order valence-corrected chi connectivity index (χ3v) is 7.77. The van der Waals surface area contributed by atoms with Crippen molar-refractivity contribution in [1.82, 2.24) is 9.29 Å². The van der Waals surface area contributed by atoms with Crippen LogP contribution in [0.25, 0.3) is 10.2 Å². The average molecular weight is 416 g/mol. The van der Waals surface area contributed by atoms with Gasteiger partial charge in [0.1, 0.15) is 6.04 Å². The Morgan fingerprint density at radius 1 is 1.25 bits per heavy atom. The average Bonchev–Trinajstić information content (AvgIpc) is 3.08. The fourth-order valence-corrected chi connectivity index (χ4v) is 5.65. The summed E-state index contributed by atoms with van der Waals surface area (Å²) in [6.07, 6.45) is 0.352. The molecule has 1 aliphatic rings. The van der Waals surface area contributed by atoms with Crippen LogP contribution < -0.4 is 5.32 Å². The first kappa shape index (κ1) is 19.0. The zero-order valence-electron chi connectivity index (χ0n) is 15.7. The van der Waals surface area contributed by atoms with Crippen LogP contribution in [-0.2, 0) is 27.8 Å². The molecule has 4 rings (SSSR count). The molecule has 8 heteroatoms. The van der Waals surface area contributed by atoms with Gasteiger partial charge in [-0.1, -0.05) is 41.7 Å². The number of rotatable bonds is 4. The van der Waals surface area contributed by atoms with Crippen molar-refractivity contribution in [3.63, 3.8) is 0 Å². The molecule has 0 radical (unpaired) electrons. The van der Waals surface area contributed by atoms with Gasteiger partial charge in [0.2, 0.25) is 15.9 Å². The number of aromatic nitrogens is 1. The van der Waals surface area contributed by atoms with E-state index in [2.05, 4.69) is 10.3 Å². The van der Waals surface area contributed by atoms with E-state index in [9.17, 15) is 13.2 Å². The lowest BCUT2D eigenvalue weighted by atomic mass is 9.95. The number of hydrogen-bond acceptors (Lipinski definition) is 5. The second-order valence-electron chi connectivity index (χ2n) is 6.91. The van der Waals surface area contributed by atoms with E-state index < -0.39 is 16.1 Å². The summed E-state index contributed by atoms with van der Waals surface area (Å²) < 4.78 is 27.6. The van der Waals surface area contributed by atoms with Crippen LogP contribution in [0.5, 0.6) is 0 Å². The summed E-state index contributed by atoms with van der Waals surface area (Å²) in [5.41, 5.74) is 3.89. The maximum atomic E-state index is 13.0. The molecule has 0 unspecified atom stereocenters. The molecule has 1 aliphatic heterocycles. The van der Waals surface area contributed by atoms with E-state index in [0.717, 1.165) is 26.9 Å². The molecule has 3 aromatic rings. The van der Waals surface area contributed by atoms with Gasteiger partial charge in [-0.15, -0.1) is 0 Å². The molecule has 1 N–H and O–H groups in total. The third kappa shape index (κ3) is 3.55. The summed E-state index contributed by atoms with van der Waals surface area (Å²) in [6.45, 7) is 3.81. The normalized spacial score (nSPS) is 17.4. The van der Waals surface area contributed by atoms with Crippen molar-refractivity contribution in [1.29, 1.82) is 0 Å². The standard InChI is InChI=1S/C20H21N3O3S2/c1-3-28(25,26)23-12-15-7-5-4-6-14(15)11-17(23)19(24)22-20-21-16-9-8-13(2)10-18(16)27-20/h4-10,17H,3,11-12H2,1-2H3,(H,21,22,24)/t17-/m0/s1. The van der Waals surface area contributed by atoms with Gasteiger partial charge < -0.3 is 5.32 Å². The largest absolute Gasteiger partial charge is 0.301 e. The quantitative estimate of drug-likeness (QED) is 0.709. The number of hydrogen-bond donors (Lipinski definition) is 1. The molecule has 6 nitrogen and oxygen atoms in total. The van der Waals surface area contributed by atoms with Crippen molar-refractivity contribution in [2.75, 3.05) is 11.1 Å². The maximum absolute atomic E-state index is 13.0. The Kier molecular flexibility index (Phi) is 4.95. The number of aryl methyl sites for hydroxylation is 1. The Morgan fingerprint density at radius 3 is 2.75 bits per heavy atom. The Morgan fingerprint density at radius 2 is 2.00 bits per heavy atom. The highest BCUT2D eigenvalue weighted by atomic mass is 32.2. The van der Waals surface area contributed by atoms with Gasteiger partial charge in [0.05, 0.1) is 16.0 Å². The molecule has 0 bridgehead atoms. The summed E-state index contributed by atoms with van der Waals surface area (Å²) in [5.74, 6) is -0.387. The van der Waals surface area contributed by atoms with Gasteiger partial charge in [0, 0.05) is 6.54 Å². The van der Waals surface area contributed by atoms with Crippen LogP contribution in [0.3, 0.4) is 0 Å². The second-order valence-corrected chi connectivity index (χ2v) is 10.2. The molecule has 0 spiro atoms. The van der Waals surface area contributed by atoms with E-state index in [1.165, 1.54) is 15.6 Å². The molecule has 2 aromatic carbocycles. The first-order chi connectivity index (χ1) is 13.4. The van der Waals surface area contributed by atoms with Crippen LogP contribution >= 0.6 is 11.3 Å². The van der Waals surface area contributed by atoms with Crippen molar-refractivity contribution in [2.24, 2.45) is 0 Å². The molecule has 146 valence electrons. The summed E-state index contributed by atoms with van der Waals surface area (Å²) in [5, 5.41) is 3.32. The van der Waals surface area contributed by atoms with E-state index >= 15 is 0 Å². The van der Waals surface area contributed by atoms with Gasteiger partial charge in [-0.25, -0.2) is 13.4 Å². The number of nitrogens with one attached hydrogen (secondary N) is 1. The Labute approximate surface area is 168 Å². The molecule has 1 atom stereocenters. The molecule has 0 aliphatic carbocycles. The minimum atomic E-state index is -3.53. The van der Waals surface area contributed by atoms with Crippen molar-refractivity contribution in [2.45, 2.75) is 32.9 Å². The Hall–Kier alpha value is -2.29. The highest BCUT2D eigenvalue weighted by Crippen LogP contribution is 2.29. The van der Waals surface area contributed by atoms with E-state index in [1.807, 2.05) is 49.4 Å². The molecule has 2 heterocycles. The molecule has 0 saturated carbocycles. The molecule has 0 saturated heterocycles. The lowest BCUT2D eigenvalue weighted by Gasteiger charge is -2.34. The summed E-state index contributed by atoms with van der Waals surface area (Å²) in [4.78, 5) is 17.5.